The molecule has 30 heavy (non-hydrogen) atoms. The summed E-state index contributed by atoms with van der Waals surface area (Å²) in [5.41, 5.74) is 3.13. The minimum atomic E-state index is -0.321. The van der Waals surface area contributed by atoms with Crippen LogP contribution in [0.3, 0.4) is 0 Å². The van der Waals surface area contributed by atoms with E-state index in [-0.39, 0.29) is 24.9 Å². The zero-order chi connectivity index (χ0) is 20.8. The van der Waals surface area contributed by atoms with Gasteiger partial charge in [-0.15, -0.1) is 0 Å². The topological polar surface area (TPSA) is 141 Å². The molecule has 2 amide bonds. The third kappa shape index (κ3) is 4.38. The summed E-state index contributed by atoms with van der Waals surface area (Å²) in [5, 5.41) is 19.0. The van der Waals surface area contributed by atoms with Crippen LogP contribution in [-0.4, -0.2) is 55.3 Å². The Labute approximate surface area is 171 Å². The van der Waals surface area contributed by atoms with Crippen molar-refractivity contribution in [1.29, 1.82) is 0 Å². The number of pyridine rings is 2. The number of aromatic nitrogens is 6. The number of H-pyrrole nitrogens is 2. The molecule has 4 heterocycles. The van der Waals surface area contributed by atoms with E-state index in [1.165, 1.54) is 0 Å². The molecule has 4 rings (SSSR count). The Bertz CT molecular complexity index is 1050. The van der Waals surface area contributed by atoms with Gasteiger partial charge in [0, 0.05) is 25.5 Å². The Hall–Kier alpha value is -4.34. The van der Waals surface area contributed by atoms with Crippen LogP contribution in [0.2, 0.25) is 0 Å². The number of hydrogen-bond acceptors (Lipinski definition) is 6. The number of nitrogens with zero attached hydrogens (tertiary/aromatic N) is 4. The maximum Gasteiger partial charge on any atom is 0.269 e. The van der Waals surface area contributed by atoms with Gasteiger partial charge in [0.05, 0.1) is 11.4 Å². The van der Waals surface area contributed by atoms with Gasteiger partial charge in [-0.25, -0.2) is 0 Å². The molecule has 0 saturated heterocycles. The van der Waals surface area contributed by atoms with Gasteiger partial charge >= 0.3 is 0 Å². The summed E-state index contributed by atoms with van der Waals surface area (Å²) in [4.78, 5) is 32.8. The van der Waals surface area contributed by atoms with Crippen molar-refractivity contribution in [3.63, 3.8) is 0 Å². The molecule has 0 aliphatic carbocycles. The molecule has 0 unspecified atom stereocenters. The van der Waals surface area contributed by atoms with Gasteiger partial charge in [0.25, 0.3) is 11.8 Å². The molecule has 0 atom stereocenters. The second kappa shape index (κ2) is 8.78. The Morgan fingerprint density at radius 3 is 1.57 bits per heavy atom. The van der Waals surface area contributed by atoms with Crippen LogP contribution >= 0.6 is 0 Å². The first-order chi connectivity index (χ1) is 14.7. The number of aromatic amines is 2. The summed E-state index contributed by atoms with van der Waals surface area (Å²) >= 11 is 0. The normalized spacial score (nSPS) is 10.5. The van der Waals surface area contributed by atoms with Gasteiger partial charge in [-0.1, -0.05) is 12.1 Å². The highest BCUT2D eigenvalue weighted by Gasteiger charge is 2.13. The van der Waals surface area contributed by atoms with Gasteiger partial charge in [-0.3, -0.25) is 29.8 Å². The quantitative estimate of drug-likeness (QED) is 0.345. The molecular weight excluding hydrogens is 384 g/mol. The van der Waals surface area contributed by atoms with E-state index in [0.717, 1.165) is 0 Å². The van der Waals surface area contributed by atoms with Crippen LogP contribution in [0.4, 0.5) is 0 Å². The highest BCUT2D eigenvalue weighted by atomic mass is 16.2. The van der Waals surface area contributed by atoms with Crippen molar-refractivity contribution < 1.29 is 9.59 Å². The molecule has 10 heteroatoms. The molecule has 0 bridgehead atoms. The number of carbonyl (C=O) groups is 2. The first-order valence-corrected chi connectivity index (χ1v) is 9.21. The second-order valence-electron chi connectivity index (χ2n) is 6.28. The smallest absolute Gasteiger partial charge is 0.269 e. The lowest BCUT2D eigenvalue weighted by atomic mass is 10.2. The van der Waals surface area contributed by atoms with Crippen molar-refractivity contribution in [3.05, 3.63) is 72.3 Å². The number of nitrogens with one attached hydrogen (secondary N) is 4. The molecule has 0 aliphatic rings. The lowest BCUT2D eigenvalue weighted by Crippen LogP contribution is -2.35. The van der Waals surface area contributed by atoms with Crippen LogP contribution in [0.15, 0.2) is 60.9 Å². The SMILES string of the molecule is O=C(NCCNC(=O)c1cc(-c2ccccn2)n[nH]1)c1cc(-c2ccccn2)n[nH]1. The number of amides is 2. The molecule has 0 saturated carbocycles. The largest absolute Gasteiger partial charge is 0.349 e. The highest BCUT2D eigenvalue weighted by Crippen LogP contribution is 2.15. The third-order valence-electron chi connectivity index (χ3n) is 4.20. The number of rotatable bonds is 7. The Balaban J connectivity index is 1.25. The molecule has 4 aromatic heterocycles. The van der Waals surface area contributed by atoms with Crippen molar-refractivity contribution in [3.8, 4) is 22.8 Å². The van der Waals surface area contributed by atoms with E-state index in [1.54, 1.807) is 36.7 Å². The van der Waals surface area contributed by atoms with Crippen molar-refractivity contribution >= 4 is 11.8 Å². The van der Waals surface area contributed by atoms with Crippen molar-refractivity contribution in [2.24, 2.45) is 0 Å². The molecule has 10 nitrogen and oxygen atoms in total. The molecular formula is C20H18N8O2. The van der Waals surface area contributed by atoms with Crippen LogP contribution in [0.25, 0.3) is 22.8 Å². The number of carbonyl (C=O) groups excluding carboxylic acids is 2. The average Bonchev–Trinajstić information content (AvgIpc) is 3.48. The van der Waals surface area contributed by atoms with Gasteiger partial charge in [-0.05, 0) is 36.4 Å². The average molecular weight is 402 g/mol. The Morgan fingerprint density at radius 1 is 0.700 bits per heavy atom. The van der Waals surface area contributed by atoms with E-state index in [0.29, 0.717) is 34.2 Å². The molecule has 0 aromatic carbocycles. The van der Waals surface area contributed by atoms with E-state index in [1.807, 2.05) is 24.3 Å². The first-order valence-electron chi connectivity index (χ1n) is 9.21. The molecule has 4 N–H and O–H groups in total. The monoisotopic (exact) mass is 402 g/mol. The zero-order valence-corrected chi connectivity index (χ0v) is 15.8. The number of hydrogen-bond donors (Lipinski definition) is 4. The van der Waals surface area contributed by atoms with E-state index >= 15 is 0 Å². The molecule has 0 radical (unpaired) electrons. The predicted octanol–water partition coefficient (Wildman–Crippen LogP) is 1.42. The Kier molecular flexibility index (Phi) is 5.56. The molecule has 0 aliphatic heterocycles. The fraction of sp³-hybridized carbons (Fsp3) is 0.100. The predicted molar refractivity (Wildman–Crippen MR) is 108 cm³/mol. The fourth-order valence-electron chi connectivity index (χ4n) is 2.71. The summed E-state index contributed by atoms with van der Waals surface area (Å²) in [5.74, 6) is -0.643. The van der Waals surface area contributed by atoms with Gasteiger partial charge in [0.15, 0.2) is 0 Å². The summed E-state index contributed by atoms with van der Waals surface area (Å²) < 4.78 is 0. The lowest BCUT2D eigenvalue weighted by Gasteiger charge is -2.05. The molecule has 150 valence electrons. The van der Waals surface area contributed by atoms with E-state index in [9.17, 15) is 9.59 Å². The molecule has 0 spiro atoms. The molecule has 0 fully saturated rings. The highest BCUT2D eigenvalue weighted by molar-refractivity contribution is 5.94. The second-order valence-corrected chi connectivity index (χ2v) is 6.28. The van der Waals surface area contributed by atoms with Gasteiger partial charge in [0.2, 0.25) is 0 Å². The minimum Gasteiger partial charge on any atom is -0.349 e. The van der Waals surface area contributed by atoms with Gasteiger partial charge in [-0.2, -0.15) is 10.2 Å². The summed E-state index contributed by atoms with van der Waals surface area (Å²) in [6.07, 6.45) is 3.32. The van der Waals surface area contributed by atoms with E-state index in [2.05, 4.69) is 41.0 Å². The van der Waals surface area contributed by atoms with Crippen LogP contribution in [-0.2, 0) is 0 Å². The van der Waals surface area contributed by atoms with Gasteiger partial charge < -0.3 is 10.6 Å². The van der Waals surface area contributed by atoms with Crippen LogP contribution in [0.5, 0.6) is 0 Å². The maximum atomic E-state index is 12.2. The van der Waals surface area contributed by atoms with Crippen molar-refractivity contribution in [2.45, 2.75) is 0 Å². The van der Waals surface area contributed by atoms with Gasteiger partial charge in [0.1, 0.15) is 22.8 Å². The first kappa shape index (κ1) is 19.0. The minimum absolute atomic E-state index is 0.254. The third-order valence-corrected chi connectivity index (χ3v) is 4.20. The zero-order valence-electron chi connectivity index (χ0n) is 15.8. The van der Waals surface area contributed by atoms with Crippen LogP contribution in [0.1, 0.15) is 21.0 Å². The van der Waals surface area contributed by atoms with E-state index < -0.39 is 0 Å². The standard InChI is InChI=1S/C20H18N8O2/c29-19(17-11-15(25-27-17)13-5-1-3-7-21-13)23-9-10-24-20(30)18-12-16(26-28-18)14-6-2-4-8-22-14/h1-8,11-12H,9-10H2,(H,23,29)(H,24,30)(H,25,27)(H,26,28). The summed E-state index contributed by atoms with van der Waals surface area (Å²) in [6, 6.07) is 14.2. The van der Waals surface area contributed by atoms with Crippen molar-refractivity contribution in [2.75, 3.05) is 13.1 Å². The summed E-state index contributed by atoms with van der Waals surface area (Å²) in [7, 11) is 0. The van der Waals surface area contributed by atoms with E-state index in [4.69, 9.17) is 0 Å². The fourth-order valence-corrected chi connectivity index (χ4v) is 2.71. The summed E-state index contributed by atoms with van der Waals surface area (Å²) in [6.45, 7) is 0.507. The molecule has 4 aromatic rings. The van der Waals surface area contributed by atoms with Crippen molar-refractivity contribution in [1.82, 2.24) is 41.0 Å². The lowest BCUT2D eigenvalue weighted by molar-refractivity contribution is 0.0922. The van der Waals surface area contributed by atoms with Crippen LogP contribution < -0.4 is 10.6 Å². The Morgan fingerprint density at radius 2 is 1.17 bits per heavy atom. The maximum absolute atomic E-state index is 12.2. The van der Waals surface area contributed by atoms with Crippen LogP contribution in [0, 0.1) is 0 Å².